The maximum atomic E-state index is 4.93. The molecule has 0 amide bonds. The summed E-state index contributed by atoms with van der Waals surface area (Å²) in [7, 11) is 4.32. The predicted molar refractivity (Wildman–Crippen MR) is 120 cm³/mol. The van der Waals surface area contributed by atoms with E-state index in [0.29, 0.717) is 0 Å². The molecule has 3 nitrogen and oxygen atoms in total. The van der Waals surface area contributed by atoms with Crippen molar-refractivity contribution >= 4 is 29.0 Å². The number of benzene rings is 1. The third-order valence-corrected chi connectivity index (χ3v) is 5.50. The van der Waals surface area contributed by atoms with Gasteiger partial charge in [-0.2, -0.15) is 0 Å². The van der Waals surface area contributed by atoms with Crippen molar-refractivity contribution in [1.29, 1.82) is 0 Å². The minimum atomic E-state index is 0. The fourth-order valence-electron chi connectivity index (χ4n) is 4.05. The van der Waals surface area contributed by atoms with E-state index in [1.165, 1.54) is 86.7 Å². The molecule has 0 atom stereocenters. The van der Waals surface area contributed by atoms with Crippen LogP contribution in [0.4, 0.5) is 5.69 Å². The first kappa shape index (κ1) is 22.0. The summed E-state index contributed by atoms with van der Waals surface area (Å²) in [5.74, 6) is 0. The number of anilines is 1. The second-order valence-electron chi connectivity index (χ2n) is 7.99. The van der Waals surface area contributed by atoms with E-state index < -0.39 is 0 Å². The number of hydrogen-bond donors (Lipinski definition) is 1. The summed E-state index contributed by atoms with van der Waals surface area (Å²) in [4.78, 5) is 7.21. The summed E-state index contributed by atoms with van der Waals surface area (Å²) in [6, 6.07) is 8.62. The van der Waals surface area contributed by atoms with E-state index in [2.05, 4.69) is 48.6 Å². The molecular weight excluding hydrogens is 354 g/mol. The predicted octanol–water partition coefficient (Wildman–Crippen LogP) is 5.85. The molecule has 1 heterocycles. The van der Waals surface area contributed by atoms with Crippen molar-refractivity contribution in [2.45, 2.75) is 64.2 Å². The molecule has 150 valence electrons. The van der Waals surface area contributed by atoms with Gasteiger partial charge in [0.15, 0.2) is 0 Å². The fourth-order valence-corrected chi connectivity index (χ4v) is 4.05. The number of rotatable bonds is 10. The van der Waals surface area contributed by atoms with E-state index >= 15 is 0 Å². The highest BCUT2D eigenvalue weighted by Crippen LogP contribution is 2.33. The smallest absolute Gasteiger partial charge is 0.0726 e. The summed E-state index contributed by atoms with van der Waals surface area (Å²) >= 11 is 0. The fraction of sp³-hybridized carbons (Fsp3) is 0.609. The molecule has 27 heavy (non-hydrogen) atoms. The molecule has 3 rings (SSSR count). The van der Waals surface area contributed by atoms with Crippen LogP contribution < -0.4 is 5.32 Å². The van der Waals surface area contributed by atoms with E-state index in [-0.39, 0.29) is 12.4 Å². The molecule has 0 unspecified atom stereocenters. The van der Waals surface area contributed by atoms with E-state index in [1.54, 1.807) is 0 Å². The van der Waals surface area contributed by atoms with Crippen molar-refractivity contribution in [1.82, 2.24) is 9.88 Å². The Hall–Kier alpha value is -1.32. The van der Waals surface area contributed by atoms with Crippen LogP contribution in [-0.4, -0.2) is 37.1 Å². The highest BCUT2D eigenvalue weighted by atomic mass is 35.5. The third kappa shape index (κ3) is 6.36. The number of hydrogen-bond acceptors (Lipinski definition) is 3. The standard InChI is InChI=1S/C23H35N3.ClH/c1-26(2)18-12-6-4-3-5-11-17-24-23-19-13-7-9-15-21(19)25-22-16-10-8-14-20(22)23;/h7,9,13,15H,3-6,8,10-12,14,16-18H2,1-2H3,(H,24,25);1H. The molecule has 1 aliphatic carbocycles. The van der Waals surface area contributed by atoms with Crippen molar-refractivity contribution in [3.8, 4) is 0 Å². The molecule has 0 saturated heterocycles. The van der Waals surface area contributed by atoms with Crippen LogP contribution in [0, 0.1) is 0 Å². The first-order chi connectivity index (χ1) is 12.8. The molecule has 1 aromatic heterocycles. The van der Waals surface area contributed by atoms with E-state index in [1.807, 2.05) is 0 Å². The molecule has 0 aliphatic heterocycles. The Morgan fingerprint density at radius 2 is 1.63 bits per heavy atom. The normalized spacial score (nSPS) is 13.4. The molecule has 0 fully saturated rings. The Balaban J connectivity index is 0.00000261. The quantitative estimate of drug-likeness (QED) is 0.516. The van der Waals surface area contributed by atoms with Crippen LogP contribution in [-0.2, 0) is 12.8 Å². The minimum absolute atomic E-state index is 0. The van der Waals surface area contributed by atoms with Crippen LogP contribution in [0.3, 0.4) is 0 Å². The van der Waals surface area contributed by atoms with Crippen LogP contribution in [0.5, 0.6) is 0 Å². The highest BCUT2D eigenvalue weighted by molar-refractivity contribution is 5.93. The monoisotopic (exact) mass is 389 g/mol. The summed E-state index contributed by atoms with van der Waals surface area (Å²) in [6.45, 7) is 2.31. The number of unbranched alkanes of at least 4 members (excludes halogenated alkanes) is 5. The summed E-state index contributed by atoms with van der Waals surface area (Å²) in [5, 5.41) is 5.09. The second-order valence-corrected chi connectivity index (χ2v) is 7.99. The molecule has 1 aliphatic rings. The van der Waals surface area contributed by atoms with Gasteiger partial charge in [0, 0.05) is 23.3 Å². The lowest BCUT2D eigenvalue weighted by molar-refractivity contribution is 0.389. The lowest BCUT2D eigenvalue weighted by Crippen LogP contribution is -2.12. The average molecular weight is 390 g/mol. The minimum Gasteiger partial charge on any atom is -0.384 e. The number of nitrogens with zero attached hydrogens (tertiary/aromatic N) is 2. The third-order valence-electron chi connectivity index (χ3n) is 5.50. The van der Waals surface area contributed by atoms with Gasteiger partial charge in [-0.3, -0.25) is 4.98 Å². The Bertz CT molecular complexity index is 699. The van der Waals surface area contributed by atoms with Gasteiger partial charge in [-0.25, -0.2) is 0 Å². The van der Waals surface area contributed by atoms with Gasteiger partial charge in [0.1, 0.15) is 0 Å². The largest absolute Gasteiger partial charge is 0.384 e. The zero-order chi connectivity index (χ0) is 18.2. The zero-order valence-electron chi connectivity index (χ0n) is 17.1. The molecular formula is C23H36ClN3. The van der Waals surface area contributed by atoms with Crippen molar-refractivity contribution in [2.24, 2.45) is 0 Å². The number of pyridine rings is 1. The molecule has 0 saturated carbocycles. The average Bonchev–Trinajstić information content (AvgIpc) is 2.65. The molecule has 2 aromatic rings. The van der Waals surface area contributed by atoms with Gasteiger partial charge in [-0.1, -0.05) is 43.9 Å². The zero-order valence-corrected chi connectivity index (χ0v) is 17.9. The van der Waals surface area contributed by atoms with Gasteiger partial charge in [0.25, 0.3) is 0 Å². The van der Waals surface area contributed by atoms with E-state index in [9.17, 15) is 0 Å². The van der Waals surface area contributed by atoms with Crippen LogP contribution in [0.15, 0.2) is 24.3 Å². The Kier molecular flexibility index (Phi) is 9.36. The number of halogens is 1. The maximum absolute atomic E-state index is 4.93. The second kappa shape index (κ2) is 11.5. The van der Waals surface area contributed by atoms with Crippen molar-refractivity contribution in [2.75, 3.05) is 32.5 Å². The van der Waals surface area contributed by atoms with Crippen LogP contribution in [0.1, 0.15) is 62.6 Å². The Morgan fingerprint density at radius 3 is 2.44 bits per heavy atom. The molecule has 1 aromatic carbocycles. The van der Waals surface area contributed by atoms with Crippen molar-refractivity contribution in [3.05, 3.63) is 35.5 Å². The molecule has 1 N–H and O–H groups in total. The Morgan fingerprint density at radius 1 is 0.926 bits per heavy atom. The van der Waals surface area contributed by atoms with Crippen molar-refractivity contribution in [3.63, 3.8) is 0 Å². The lowest BCUT2D eigenvalue weighted by Gasteiger charge is -2.21. The Labute approximate surface area is 171 Å². The van der Waals surface area contributed by atoms with Crippen molar-refractivity contribution < 1.29 is 0 Å². The number of nitrogens with one attached hydrogen (secondary N) is 1. The first-order valence-electron chi connectivity index (χ1n) is 10.5. The van der Waals surface area contributed by atoms with Gasteiger partial charge in [-0.05, 0) is 70.8 Å². The number of para-hydroxylation sites is 1. The number of fused-ring (bicyclic) bond motifs is 2. The molecule has 0 radical (unpaired) electrons. The molecule has 4 heteroatoms. The van der Waals surface area contributed by atoms with Gasteiger partial charge in [0.2, 0.25) is 0 Å². The molecule has 0 spiro atoms. The summed E-state index contributed by atoms with van der Waals surface area (Å²) < 4.78 is 0. The van der Waals surface area contributed by atoms with E-state index in [4.69, 9.17) is 4.98 Å². The van der Waals surface area contributed by atoms with Crippen LogP contribution in [0.2, 0.25) is 0 Å². The van der Waals surface area contributed by atoms with E-state index in [0.717, 1.165) is 18.5 Å². The van der Waals surface area contributed by atoms with Gasteiger partial charge in [0.05, 0.1) is 5.52 Å². The van der Waals surface area contributed by atoms with Crippen LogP contribution in [0.25, 0.3) is 10.9 Å². The van der Waals surface area contributed by atoms with Gasteiger partial charge in [-0.15, -0.1) is 12.4 Å². The summed E-state index contributed by atoms with van der Waals surface area (Å²) in [5.41, 5.74) is 5.34. The molecule has 0 bridgehead atoms. The lowest BCUT2D eigenvalue weighted by atomic mass is 9.92. The van der Waals surface area contributed by atoms with Crippen LogP contribution >= 0.6 is 12.4 Å². The first-order valence-corrected chi connectivity index (χ1v) is 10.5. The SMILES string of the molecule is CN(C)CCCCCCCCNc1c2c(nc3ccccc13)CCCC2.Cl. The number of aryl methyl sites for hydroxylation is 1. The van der Waals surface area contributed by atoms with Gasteiger partial charge < -0.3 is 10.2 Å². The van der Waals surface area contributed by atoms with Gasteiger partial charge >= 0.3 is 0 Å². The number of aromatic nitrogens is 1. The summed E-state index contributed by atoms with van der Waals surface area (Å²) in [6.07, 6.45) is 12.9. The highest BCUT2D eigenvalue weighted by Gasteiger charge is 2.17. The maximum Gasteiger partial charge on any atom is 0.0726 e. The topological polar surface area (TPSA) is 28.2 Å².